The van der Waals surface area contributed by atoms with Crippen LogP contribution < -0.4 is 24.2 Å². The summed E-state index contributed by atoms with van der Waals surface area (Å²) in [5.74, 6) is -1.54. The summed E-state index contributed by atoms with van der Waals surface area (Å²) >= 11 is 0. The summed E-state index contributed by atoms with van der Waals surface area (Å²) in [5.41, 5.74) is -0.471. The second-order valence-electron chi connectivity index (χ2n) is 5.83. The third kappa shape index (κ3) is 5.91. The van der Waals surface area contributed by atoms with Crippen LogP contribution in [-0.4, -0.2) is 63.5 Å². The van der Waals surface area contributed by atoms with Crippen molar-refractivity contribution in [1.82, 2.24) is 19.6 Å². The fourth-order valence-electron chi connectivity index (χ4n) is 2.11. The molecule has 3 amide bonds. The Labute approximate surface area is 171 Å². The van der Waals surface area contributed by atoms with Gasteiger partial charge in [0.25, 0.3) is 5.91 Å². The van der Waals surface area contributed by atoms with Gasteiger partial charge in [0.15, 0.2) is 0 Å². The van der Waals surface area contributed by atoms with Gasteiger partial charge in [0.1, 0.15) is 5.82 Å². The molecular formula is C16H19FN6O6S. The van der Waals surface area contributed by atoms with Crippen LogP contribution >= 0.6 is 0 Å². The molecule has 0 fully saturated rings. The van der Waals surface area contributed by atoms with Gasteiger partial charge in [-0.3, -0.25) is 14.8 Å². The number of hydrogen-bond donors (Lipinski definition) is 3. The number of urea groups is 1. The number of benzene rings is 1. The van der Waals surface area contributed by atoms with Gasteiger partial charge in [0.2, 0.25) is 17.7 Å². The van der Waals surface area contributed by atoms with E-state index in [0.717, 1.165) is 23.1 Å². The number of carbonyl (C=O) groups excluding carboxylic acids is 2. The first kappa shape index (κ1) is 22.6. The Balaban J connectivity index is 2.18. The van der Waals surface area contributed by atoms with Gasteiger partial charge in [-0.05, 0) is 18.2 Å². The molecule has 0 bridgehead atoms. The molecule has 2 rings (SSSR count). The molecule has 0 saturated heterocycles. The molecule has 2 aromatic rings. The van der Waals surface area contributed by atoms with Crippen molar-refractivity contribution in [3.8, 4) is 11.8 Å². The summed E-state index contributed by atoms with van der Waals surface area (Å²) in [4.78, 5) is 33.0. The second-order valence-corrected chi connectivity index (χ2v) is 7.24. The maximum atomic E-state index is 13.5. The van der Waals surface area contributed by atoms with E-state index >= 15 is 0 Å². The molecule has 14 heteroatoms. The van der Waals surface area contributed by atoms with Gasteiger partial charge < -0.3 is 14.4 Å². The SMILES string of the molecule is COc1cc(OC)nc(NC(=O)NS(=O)(=O)Nc2ccc(F)cc2C(=O)N(C)C)n1. The Morgan fingerprint density at radius 1 is 1.07 bits per heavy atom. The lowest BCUT2D eigenvalue weighted by Crippen LogP contribution is -2.39. The van der Waals surface area contributed by atoms with Crippen molar-refractivity contribution in [2.24, 2.45) is 0 Å². The van der Waals surface area contributed by atoms with Crippen molar-refractivity contribution in [2.45, 2.75) is 0 Å². The van der Waals surface area contributed by atoms with Crippen LogP contribution in [0.15, 0.2) is 24.3 Å². The summed E-state index contributed by atoms with van der Waals surface area (Å²) in [6.45, 7) is 0. The van der Waals surface area contributed by atoms with E-state index < -0.39 is 28.0 Å². The zero-order chi connectivity index (χ0) is 22.5. The summed E-state index contributed by atoms with van der Waals surface area (Å²) in [7, 11) is 0.987. The van der Waals surface area contributed by atoms with E-state index in [2.05, 4.69) is 15.3 Å². The lowest BCUT2D eigenvalue weighted by molar-refractivity contribution is 0.0828. The van der Waals surface area contributed by atoms with Crippen molar-refractivity contribution >= 4 is 33.8 Å². The first-order valence-corrected chi connectivity index (χ1v) is 9.62. The average molecular weight is 442 g/mol. The molecule has 162 valence electrons. The third-order valence-corrected chi connectivity index (χ3v) is 4.36. The largest absolute Gasteiger partial charge is 0.481 e. The van der Waals surface area contributed by atoms with Crippen molar-refractivity contribution in [3.63, 3.8) is 0 Å². The summed E-state index contributed by atoms with van der Waals surface area (Å²) in [6.07, 6.45) is 0. The predicted octanol–water partition coefficient (Wildman–Crippen LogP) is 0.813. The van der Waals surface area contributed by atoms with Gasteiger partial charge in [0.05, 0.1) is 31.5 Å². The van der Waals surface area contributed by atoms with Crippen LogP contribution in [0.1, 0.15) is 10.4 Å². The lowest BCUT2D eigenvalue weighted by atomic mass is 10.1. The van der Waals surface area contributed by atoms with E-state index in [1.54, 1.807) is 4.72 Å². The maximum Gasteiger partial charge on any atom is 0.336 e. The van der Waals surface area contributed by atoms with E-state index in [1.165, 1.54) is 34.4 Å². The predicted molar refractivity (Wildman–Crippen MR) is 104 cm³/mol. The molecule has 0 unspecified atom stereocenters. The molecule has 1 aromatic heterocycles. The number of hydrogen-bond acceptors (Lipinski definition) is 8. The highest BCUT2D eigenvalue weighted by Crippen LogP contribution is 2.20. The number of carbonyl (C=O) groups is 2. The standard InChI is InChI=1S/C16H19FN6O6S/c1-23(2)14(24)10-7-9(17)5-6-11(10)21-30(26,27)22-16(25)20-15-18-12(28-3)8-13(19-15)29-4/h5-8,21H,1-4H3,(H2,18,19,20,22,25). The normalized spacial score (nSPS) is 10.7. The van der Waals surface area contributed by atoms with Crippen molar-refractivity contribution in [3.05, 3.63) is 35.6 Å². The van der Waals surface area contributed by atoms with Crippen LogP contribution in [0, 0.1) is 5.82 Å². The van der Waals surface area contributed by atoms with E-state index in [0.29, 0.717) is 0 Å². The number of halogens is 1. The van der Waals surface area contributed by atoms with Crippen molar-refractivity contribution < 1.29 is 31.9 Å². The van der Waals surface area contributed by atoms with Crippen LogP contribution in [0.4, 0.5) is 20.8 Å². The second kappa shape index (κ2) is 9.21. The summed E-state index contributed by atoms with van der Waals surface area (Å²) in [5, 5.41) is 2.11. The fourth-order valence-corrected chi connectivity index (χ4v) is 2.93. The zero-order valence-corrected chi connectivity index (χ0v) is 17.2. The minimum atomic E-state index is -4.50. The minimum absolute atomic E-state index is 0.0660. The quantitative estimate of drug-likeness (QED) is 0.570. The van der Waals surface area contributed by atoms with Crippen LogP contribution in [0.25, 0.3) is 0 Å². The smallest absolute Gasteiger partial charge is 0.336 e. The van der Waals surface area contributed by atoms with E-state index in [4.69, 9.17) is 9.47 Å². The molecule has 3 N–H and O–H groups in total. The van der Waals surface area contributed by atoms with Crippen molar-refractivity contribution in [2.75, 3.05) is 38.4 Å². The van der Waals surface area contributed by atoms with Gasteiger partial charge in [-0.1, -0.05) is 0 Å². The van der Waals surface area contributed by atoms with Crippen molar-refractivity contribution in [1.29, 1.82) is 0 Å². The molecule has 30 heavy (non-hydrogen) atoms. The summed E-state index contributed by atoms with van der Waals surface area (Å²) < 4.78 is 51.6. The molecule has 1 aromatic carbocycles. The van der Waals surface area contributed by atoms with Crippen LogP contribution in [0.5, 0.6) is 11.8 Å². The lowest BCUT2D eigenvalue weighted by Gasteiger charge is -2.16. The Morgan fingerprint density at radius 2 is 1.67 bits per heavy atom. The number of anilines is 2. The number of amides is 3. The van der Waals surface area contributed by atoms with Gasteiger partial charge in [-0.15, -0.1) is 0 Å². The third-order valence-electron chi connectivity index (χ3n) is 3.41. The Kier molecular flexibility index (Phi) is 6.94. The number of methoxy groups -OCH3 is 2. The highest BCUT2D eigenvalue weighted by Gasteiger charge is 2.21. The van der Waals surface area contributed by atoms with Gasteiger partial charge in [-0.2, -0.15) is 18.4 Å². The number of ether oxygens (including phenoxy) is 2. The first-order valence-electron chi connectivity index (χ1n) is 8.14. The van der Waals surface area contributed by atoms with E-state index in [9.17, 15) is 22.4 Å². The number of nitrogens with zero attached hydrogens (tertiary/aromatic N) is 3. The minimum Gasteiger partial charge on any atom is -0.481 e. The molecule has 0 aliphatic heterocycles. The van der Waals surface area contributed by atoms with Gasteiger partial charge >= 0.3 is 16.2 Å². The number of nitrogens with one attached hydrogen (secondary N) is 3. The molecule has 1 heterocycles. The van der Waals surface area contributed by atoms with E-state index in [1.807, 2.05) is 4.72 Å². The highest BCUT2D eigenvalue weighted by atomic mass is 32.2. The molecule has 12 nitrogen and oxygen atoms in total. The van der Waals surface area contributed by atoms with Crippen LogP contribution in [-0.2, 0) is 10.2 Å². The maximum absolute atomic E-state index is 13.5. The van der Waals surface area contributed by atoms with Gasteiger partial charge in [-0.25, -0.2) is 13.9 Å². The highest BCUT2D eigenvalue weighted by molar-refractivity contribution is 7.91. The Bertz CT molecular complexity index is 1040. The van der Waals surface area contributed by atoms with Crippen LogP contribution in [0.2, 0.25) is 0 Å². The monoisotopic (exact) mass is 442 g/mol. The molecule has 0 aliphatic rings. The molecule has 0 spiro atoms. The van der Waals surface area contributed by atoms with Crippen LogP contribution in [0.3, 0.4) is 0 Å². The van der Waals surface area contributed by atoms with E-state index in [-0.39, 0.29) is 29.0 Å². The van der Waals surface area contributed by atoms with Gasteiger partial charge in [0, 0.05) is 14.1 Å². The Morgan fingerprint density at radius 3 is 2.20 bits per heavy atom. The topological polar surface area (TPSA) is 152 Å². The first-order chi connectivity index (χ1) is 14.0. The fraction of sp³-hybridized carbons (Fsp3) is 0.250. The molecule has 0 saturated carbocycles. The molecule has 0 radical (unpaired) electrons. The number of rotatable bonds is 7. The molecule has 0 aliphatic carbocycles. The zero-order valence-electron chi connectivity index (χ0n) is 16.4. The number of aromatic nitrogens is 2. The average Bonchev–Trinajstić information content (AvgIpc) is 2.67. The Hall–Kier alpha value is -3.68. The molecule has 0 atom stereocenters. The summed E-state index contributed by atoms with van der Waals surface area (Å²) in [6, 6.07) is 3.02. The molecular weight excluding hydrogens is 423 g/mol.